The highest BCUT2D eigenvalue weighted by molar-refractivity contribution is 5.75. The molecule has 0 aromatic heterocycles. The van der Waals surface area contributed by atoms with Gasteiger partial charge >= 0.3 is 5.69 Å². The number of amides is 1. The molecule has 7 nitrogen and oxygen atoms in total. The van der Waals surface area contributed by atoms with Crippen LogP contribution in [0, 0.1) is 10.1 Å². The fourth-order valence-corrected chi connectivity index (χ4v) is 1.58. The number of nitro groups is 1. The summed E-state index contributed by atoms with van der Waals surface area (Å²) in [5, 5.41) is 10.9. The van der Waals surface area contributed by atoms with Crippen molar-refractivity contribution in [1.82, 2.24) is 4.90 Å². The molecule has 0 unspecified atom stereocenters. The number of nitrogens with two attached hydrogens (primary N) is 1. The van der Waals surface area contributed by atoms with Crippen LogP contribution in [0.25, 0.3) is 0 Å². The number of ether oxygens (including phenoxy) is 1. The Morgan fingerprint density at radius 2 is 2.15 bits per heavy atom. The number of hydrogen-bond donors (Lipinski definition) is 1. The standard InChI is InChI=1S/C13H19N3O4/c1-15(2)13(17)4-3-7-20-12-6-5-10(9-14)8-11(12)16(18)19/h5-6,8H,3-4,7,9,14H2,1-2H3. The zero-order valence-corrected chi connectivity index (χ0v) is 11.7. The summed E-state index contributed by atoms with van der Waals surface area (Å²) in [6.07, 6.45) is 0.856. The number of carbonyl (C=O) groups excluding carboxylic acids is 1. The SMILES string of the molecule is CN(C)C(=O)CCCOc1ccc(CN)cc1[N+](=O)[O-]. The summed E-state index contributed by atoms with van der Waals surface area (Å²) < 4.78 is 5.37. The van der Waals surface area contributed by atoms with Gasteiger partial charge < -0.3 is 15.4 Å². The minimum absolute atomic E-state index is 0.00146. The third kappa shape index (κ3) is 4.51. The quantitative estimate of drug-likeness (QED) is 0.461. The van der Waals surface area contributed by atoms with Crippen LogP contribution in [0.1, 0.15) is 18.4 Å². The predicted octanol–water partition coefficient (Wildman–Crippen LogP) is 1.30. The number of nitro benzene ring substituents is 1. The molecular weight excluding hydrogens is 262 g/mol. The highest BCUT2D eigenvalue weighted by Gasteiger charge is 2.15. The van der Waals surface area contributed by atoms with E-state index in [4.69, 9.17) is 10.5 Å². The maximum atomic E-state index is 11.4. The van der Waals surface area contributed by atoms with Gasteiger partial charge in [0.2, 0.25) is 5.91 Å². The second-order valence-corrected chi connectivity index (χ2v) is 4.50. The lowest BCUT2D eigenvalue weighted by Crippen LogP contribution is -2.21. The number of rotatable bonds is 7. The molecule has 20 heavy (non-hydrogen) atoms. The van der Waals surface area contributed by atoms with Crippen molar-refractivity contribution in [3.05, 3.63) is 33.9 Å². The molecule has 0 aliphatic heterocycles. The first-order chi connectivity index (χ1) is 9.45. The fraction of sp³-hybridized carbons (Fsp3) is 0.462. The number of nitrogens with zero attached hydrogens (tertiary/aromatic N) is 2. The van der Waals surface area contributed by atoms with Crippen LogP contribution in [-0.2, 0) is 11.3 Å². The normalized spacial score (nSPS) is 10.2. The molecule has 0 aliphatic carbocycles. The average molecular weight is 281 g/mol. The molecule has 0 bridgehead atoms. The lowest BCUT2D eigenvalue weighted by Gasteiger charge is -2.10. The molecule has 110 valence electrons. The Bertz CT molecular complexity index is 489. The molecule has 1 aromatic rings. The molecule has 1 rings (SSSR count). The molecule has 0 saturated heterocycles. The van der Waals surface area contributed by atoms with Crippen LogP contribution in [0.3, 0.4) is 0 Å². The van der Waals surface area contributed by atoms with Gasteiger partial charge in [0.1, 0.15) is 0 Å². The van der Waals surface area contributed by atoms with Crippen LogP contribution >= 0.6 is 0 Å². The van der Waals surface area contributed by atoms with Crippen molar-refractivity contribution in [2.24, 2.45) is 5.73 Å². The van der Waals surface area contributed by atoms with E-state index in [0.29, 0.717) is 18.4 Å². The van der Waals surface area contributed by atoms with Gasteiger partial charge in [0.15, 0.2) is 5.75 Å². The van der Waals surface area contributed by atoms with Gasteiger partial charge in [0, 0.05) is 33.1 Å². The van der Waals surface area contributed by atoms with Crippen LogP contribution in [0.2, 0.25) is 0 Å². The van der Waals surface area contributed by atoms with E-state index in [1.807, 2.05) is 0 Å². The van der Waals surface area contributed by atoms with E-state index >= 15 is 0 Å². The zero-order chi connectivity index (χ0) is 15.1. The largest absolute Gasteiger partial charge is 0.487 e. The molecule has 7 heteroatoms. The monoisotopic (exact) mass is 281 g/mol. The van der Waals surface area contributed by atoms with Gasteiger partial charge in [-0.05, 0) is 18.1 Å². The first-order valence-corrected chi connectivity index (χ1v) is 6.26. The highest BCUT2D eigenvalue weighted by atomic mass is 16.6. The van der Waals surface area contributed by atoms with Crippen LogP contribution in [0.5, 0.6) is 5.75 Å². The molecule has 0 spiro atoms. The summed E-state index contributed by atoms with van der Waals surface area (Å²) in [7, 11) is 3.36. The predicted molar refractivity (Wildman–Crippen MR) is 74.4 cm³/mol. The second kappa shape index (κ2) is 7.44. The Morgan fingerprint density at radius 3 is 2.70 bits per heavy atom. The van der Waals surface area contributed by atoms with Gasteiger partial charge in [-0.15, -0.1) is 0 Å². The topological polar surface area (TPSA) is 98.7 Å². The first-order valence-electron chi connectivity index (χ1n) is 6.26. The molecule has 0 aliphatic rings. The van der Waals surface area contributed by atoms with Crippen molar-refractivity contribution in [2.45, 2.75) is 19.4 Å². The Labute approximate surface area is 117 Å². The zero-order valence-electron chi connectivity index (χ0n) is 11.7. The van der Waals surface area contributed by atoms with Crippen LogP contribution < -0.4 is 10.5 Å². The van der Waals surface area contributed by atoms with Crippen molar-refractivity contribution in [3.8, 4) is 5.75 Å². The van der Waals surface area contributed by atoms with E-state index in [1.54, 1.807) is 20.2 Å². The van der Waals surface area contributed by atoms with E-state index in [0.717, 1.165) is 0 Å². The van der Waals surface area contributed by atoms with Gasteiger partial charge in [-0.3, -0.25) is 14.9 Å². The Kier molecular flexibility index (Phi) is 5.92. The lowest BCUT2D eigenvalue weighted by atomic mass is 10.2. The van der Waals surface area contributed by atoms with Gasteiger partial charge in [-0.25, -0.2) is 0 Å². The number of carbonyl (C=O) groups is 1. The Morgan fingerprint density at radius 1 is 1.45 bits per heavy atom. The van der Waals surface area contributed by atoms with Crippen LogP contribution in [-0.4, -0.2) is 36.4 Å². The molecule has 1 aromatic carbocycles. The van der Waals surface area contributed by atoms with Crippen LogP contribution in [0.15, 0.2) is 18.2 Å². The van der Waals surface area contributed by atoms with Gasteiger partial charge in [-0.2, -0.15) is 0 Å². The lowest BCUT2D eigenvalue weighted by molar-refractivity contribution is -0.385. The van der Waals surface area contributed by atoms with Crippen molar-refractivity contribution >= 4 is 11.6 Å². The molecule has 0 atom stereocenters. The van der Waals surface area contributed by atoms with Gasteiger partial charge in [0.25, 0.3) is 0 Å². The molecular formula is C13H19N3O4. The molecule has 1 amide bonds. The highest BCUT2D eigenvalue weighted by Crippen LogP contribution is 2.28. The van der Waals surface area contributed by atoms with E-state index in [9.17, 15) is 14.9 Å². The summed E-state index contributed by atoms with van der Waals surface area (Å²) in [6, 6.07) is 4.63. The third-order valence-corrected chi connectivity index (χ3v) is 2.75. The van der Waals surface area contributed by atoms with Crippen molar-refractivity contribution < 1.29 is 14.5 Å². The minimum atomic E-state index is -0.501. The molecule has 2 N–H and O–H groups in total. The maximum Gasteiger partial charge on any atom is 0.311 e. The minimum Gasteiger partial charge on any atom is -0.487 e. The van der Waals surface area contributed by atoms with E-state index < -0.39 is 4.92 Å². The van der Waals surface area contributed by atoms with E-state index in [-0.39, 0.29) is 30.5 Å². The fourth-order valence-electron chi connectivity index (χ4n) is 1.58. The van der Waals surface area contributed by atoms with Gasteiger partial charge in [0.05, 0.1) is 11.5 Å². The van der Waals surface area contributed by atoms with E-state index in [1.165, 1.54) is 17.0 Å². The van der Waals surface area contributed by atoms with Crippen molar-refractivity contribution in [1.29, 1.82) is 0 Å². The smallest absolute Gasteiger partial charge is 0.311 e. The van der Waals surface area contributed by atoms with Gasteiger partial charge in [-0.1, -0.05) is 6.07 Å². The number of hydrogen-bond acceptors (Lipinski definition) is 5. The summed E-state index contributed by atoms with van der Waals surface area (Å²) in [5.74, 6) is 0.200. The van der Waals surface area contributed by atoms with Crippen molar-refractivity contribution in [2.75, 3.05) is 20.7 Å². The molecule has 0 radical (unpaired) electrons. The van der Waals surface area contributed by atoms with Crippen molar-refractivity contribution in [3.63, 3.8) is 0 Å². The summed E-state index contributed by atoms with van der Waals surface area (Å²) in [6.45, 7) is 0.487. The summed E-state index contributed by atoms with van der Waals surface area (Å²) in [4.78, 5) is 23.3. The average Bonchev–Trinajstić information content (AvgIpc) is 2.42. The molecule has 0 saturated carbocycles. The van der Waals surface area contributed by atoms with Crippen LogP contribution in [0.4, 0.5) is 5.69 Å². The Balaban J connectivity index is 2.59. The maximum absolute atomic E-state index is 11.4. The first kappa shape index (κ1) is 15.9. The second-order valence-electron chi connectivity index (χ2n) is 4.50. The summed E-state index contributed by atoms with van der Waals surface area (Å²) in [5.41, 5.74) is 6.01. The summed E-state index contributed by atoms with van der Waals surface area (Å²) >= 11 is 0. The molecule has 0 fully saturated rings. The molecule has 0 heterocycles. The third-order valence-electron chi connectivity index (χ3n) is 2.75. The van der Waals surface area contributed by atoms with E-state index in [2.05, 4.69) is 0 Å². The Hall–Kier alpha value is -2.15. The number of benzene rings is 1.